The van der Waals surface area contributed by atoms with Crippen molar-refractivity contribution in [2.45, 2.75) is 89.9 Å². The maximum atomic E-state index is 10.3. The summed E-state index contributed by atoms with van der Waals surface area (Å²) in [7, 11) is 0. The summed E-state index contributed by atoms with van der Waals surface area (Å²) in [4.78, 5) is 20.2. The number of rotatable bonds is 16. The number of nitro groups is 1. The van der Waals surface area contributed by atoms with Gasteiger partial charge in [-0.15, -0.1) is 0 Å². The molecular weight excluding hydrogens is 270 g/mol. The lowest BCUT2D eigenvalue weighted by molar-refractivity contribution is -0.480. The minimum atomic E-state index is -0.687. The first-order valence-corrected chi connectivity index (χ1v) is 8.46. The van der Waals surface area contributed by atoms with Gasteiger partial charge in [0.2, 0.25) is 6.54 Å². The summed E-state index contributed by atoms with van der Waals surface area (Å²) >= 11 is 0. The van der Waals surface area contributed by atoms with Gasteiger partial charge in [0.05, 0.1) is 0 Å². The molecule has 0 heterocycles. The van der Waals surface area contributed by atoms with Crippen molar-refractivity contribution in [3.05, 3.63) is 10.1 Å². The van der Waals surface area contributed by atoms with E-state index >= 15 is 0 Å². The Balaban J connectivity index is 2.99. The first kappa shape index (κ1) is 19.9. The Hall–Kier alpha value is -1.13. The Morgan fingerprint density at radius 1 is 0.714 bits per heavy atom. The summed E-state index contributed by atoms with van der Waals surface area (Å²) in [6, 6.07) is 0. The SMILES string of the molecule is O=C(O)CCCCCCCCCCCCCCC[N+](=O)[O-]. The summed E-state index contributed by atoms with van der Waals surface area (Å²) in [5, 5.41) is 18.6. The lowest BCUT2D eigenvalue weighted by Gasteiger charge is -2.02. The second-order valence-corrected chi connectivity index (χ2v) is 5.80. The number of carboxylic acids is 1. The molecule has 0 saturated carbocycles. The molecule has 0 rings (SSSR count). The Morgan fingerprint density at radius 2 is 1.05 bits per heavy atom. The number of carboxylic acid groups (broad SMARTS) is 1. The van der Waals surface area contributed by atoms with Crippen molar-refractivity contribution in [1.29, 1.82) is 0 Å². The minimum Gasteiger partial charge on any atom is -0.481 e. The second-order valence-electron chi connectivity index (χ2n) is 5.80. The van der Waals surface area contributed by atoms with Gasteiger partial charge < -0.3 is 5.11 Å². The van der Waals surface area contributed by atoms with E-state index in [1.54, 1.807) is 0 Å². The number of nitrogens with zero attached hydrogens (tertiary/aromatic N) is 1. The van der Waals surface area contributed by atoms with Crippen LogP contribution in [-0.4, -0.2) is 22.5 Å². The molecule has 0 aliphatic rings. The Bertz CT molecular complexity index is 243. The first-order valence-electron chi connectivity index (χ1n) is 8.46. The van der Waals surface area contributed by atoms with Crippen molar-refractivity contribution in [3.63, 3.8) is 0 Å². The molecule has 0 fully saturated rings. The maximum Gasteiger partial charge on any atom is 0.303 e. The van der Waals surface area contributed by atoms with Crippen molar-refractivity contribution < 1.29 is 14.8 Å². The van der Waals surface area contributed by atoms with E-state index in [1.165, 1.54) is 44.9 Å². The summed E-state index contributed by atoms with van der Waals surface area (Å²) in [5.41, 5.74) is 0. The summed E-state index contributed by atoms with van der Waals surface area (Å²) in [6.07, 6.45) is 14.9. The third-order valence-electron chi connectivity index (χ3n) is 3.73. The van der Waals surface area contributed by atoms with E-state index in [0.29, 0.717) is 6.42 Å². The van der Waals surface area contributed by atoms with E-state index < -0.39 is 5.97 Å². The van der Waals surface area contributed by atoms with Gasteiger partial charge in [-0.1, -0.05) is 64.2 Å². The van der Waals surface area contributed by atoms with Crippen LogP contribution in [0.25, 0.3) is 0 Å². The van der Waals surface area contributed by atoms with E-state index in [2.05, 4.69) is 0 Å². The highest BCUT2D eigenvalue weighted by atomic mass is 16.6. The smallest absolute Gasteiger partial charge is 0.303 e. The lowest BCUT2D eigenvalue weighted by atomic mass is 10.0. The van der Waals surface area contributed by atoms with E-state index in [9.17, 15) is 14.9 Å². The second kappa shape index (κ2) is 15.3. The molecule has 124 valence electrons. The molecule has 1 N–H and O–H groups in total. The van der Waals surface area contributed by atoms with Gasteiger partial charge in [0.15, 0.2) is 0 Å². The molecule has 5 nitrogen and oxygen atoms in total. The predicted octanol–water partition coefficient (Wildman–Crippen LogP) is 4.81. The quantitative estimate of drug-likeness (QED) is 0.252. The number of hydrogen-bond acceptors (Lipinski definition) is 3. The molecule has 0 aromatic heterocycles. The van der Waals surface area contributed by atoms with Crippen molar-refractivity contribution in [2.24, 2.45) is 0 Å². The minimum absolute atomic E-state index is 0.118. The third kappa shape index (κ3) is 18.9. The Labute approximate surface area is 128 Å². The summed E-state index contributed by atoms with van der Waals surface area (Å²) in [5.74, 6) is -0.687. The summed E-state index contributed by atoms with van der Waals surface area (Å²) < 4.78 is 0. The topological polar surface area (TPSA) is 80.4 Å². The maximum absolute atomic E-state index is 10.3. The predicted molar refractivity (Wildman–Crippen MR) is 84.1 cm³/mol. The van der Waals surface area contributed by atoms with Crippen LogP contribution in [0.4, 0.5) is 0 Å². The highest BCUT2D eigenvalue weighted by Gasteiger charge is 1.98. The zero-order chi connectivity index (χ0) is 15.8. The highest BCUT2D eigenvalue weighted by molar-refractivity contribution is 5.66. The van der Waals surface area contributed by atoms with Gasteiger partial charge in [0.1, 0.15) is 0 Å². The zero-order valence-corrected chi connectivity index (χ0v) is 13.2. The molecule has 0 unspecified atom stereocenters. The van der Waals surface area contributed by atoms with Crippen LogP contribution < -0.4 is 0 Å². The number of carbonyl (C=O) groups is 1. The molecule has 0 saturated heterocycles. The number of aliphatic carboxylic acids is 1. The average molecular weight is 301 g/mol. The van der Waals surface area contributed by atoms with Crippen LogP contribution in [0.5, 0.6) is 0 Å². The third-order valence-corrected chi connectivity index (χ3v) is 3.73. The Kier molecular flexibility index (Phi) is 14.4. The van der Waals surface area contributed by atoms with Gasteiger partial charge in [-0.25, -0.2) is 0 Å². The Morgan fingerprint density at radius 3 is 1.38 bits per heavy atom. The van der Waals surface area contributed by atoms with E-state index in [0.717, 1.165) is 38.5 Å². The highest BCUT2D eigenvalue weighted by Crippen LogP contribution is 2.12. The van der Waals surface area contributed by atoms with Crippen LogP contribution in [0.1, 0.15) is 89.9 Å². The van der Waals surface area contributed by atoms with E-state index in [1.807, 2.05) is 0 Å². The largest absolute Gasteiger partial charge is 0.481 e. The van der Waals surface area contributed by atoms with Crippen LogP contribution in [0.2, 0.25) is 0 Å². The molecule has 0 aliphatic heterocycles. The van der Waals surface area contributed by atoms with Crippen molar-refractivity contribution in [3.8, 4) is 0 Å². The van der Waals surface area contributed by atoms with E-state index in [-0.39, 0.29) is 11.5 Å². The fraction of sp³-hybridized carbons (Fsp3) is 0.938. The van der Waals surface area contributed by atoms with Crippen LogP contribution in [0.3, 0.4) is 0 Å². The van der Waals surface area contributed by atoms with Crippen LogP contribution in [0, 0.1) is 10.1 Å². The van der Waals surface area contributed by atoms with E-state index in [4.69, 9.17) is 5.11 Å². The molecule has 0 atom stereocenters. The molecule has 0 aromatic carbocycles. The molecular formula is C16H31NO4. The molecule has 0 bridgehead atoms. The normalized spacial score (nSPS) is 10.7. The molecule has 0 spiro atoms. The molecule has 0 aliphatic carbocycles. The fourth-order valence-electron chi connectivity index (χ4n) is 2.46. The van der Waals surface area contributed by atoms with Crippen LogP contribution in [-0.2, 0) is 4.79 Å². The van der Waals surface area contributed by atoms with Gasteiger partial charge in [-0.2, -0.15) is 0 Å². The standard InChI is InChI=1S/C16H31NO4/c18-16(19)14-12-10-8-6-4-2-1-3-5-7-9-11-13-15-17(20)21/h1-15H2,(H,18,19). The van der Waals surface area contributed by atoms with Gasteiger partial charge in [-0.3, -0.25) is 14.9 Å². The fourth-order valence-corrected chi connectivity index (χ4v) is 2.46. The van der Waals surface area contributed by atoms with Gasteiger partial charge in [0, 0.05) is 17.8 Å². The van der Waals surface area contributed by atoms with Gasteiger partial charge >= 0.3 is 5.97 Å². The lowest BCUT2D eigenvalue weighted by Crippen LogP contribution is -1.99. The number of unbranched alkanes of at least 4 members (excludes halogenated alkanes) is 12. The number of hydrogen-bond donors (Lipinski definition) is 1. The van der Waals surface area contributed by atoms with Gasteiger partial charge in [0.25, 0.3) is 0 Å². The zero-order valence-electron chi connectivity index (χ0n) is 13.2. The van der Waals surface area contributed by atoms with Crippen molar-refractivity contribution in [2.75, 3.05) is 6.54 Å². The molecule has 0 aromatic rings. The van der Waals surface area contributed by atoms with Crippen LogP contribution in [0.15, 0.2) is 0 Å². The van der Waals surface area contributed by atoms with Gasteiger partial charge in [-0.05, 0) is 12.8 Å². The molecule has 0 radical (unpaired) electrons. The monoisotopic (exact) mass is 301 g/mol. The van der Waals surface area contributed by atoms with Crippen LogP contribution >= 0.6 is 0 Å². The molecule has 0 amide bonds. The van der Waals surface area contributed by atoms with Crippen molar-refractivity contribution >= 4 is 5.97 Å². The molecule has 5 heteroatoms. The first-order chi connectivity index (χ1) is 10.1. The van der Waals surface area contributed by atoms with Crippen molar-refractivity contribution in [1.82, 2.24) is 0 Å². The summed E-state index contributed by atoms with van der Waals surface area (Å²) in [6.45, 7) is 0.118. The molecule has 21 heavy (non-hydrogen) atoms. The average Bonchev–Trinajstić information content (AvgIpc) is 2.42.